The van der Waals surface area contributed by atoms with Crippen LogP contribution in [-0.4, -0.2) is 4.98 Å². The molecule has 2 nitrogen and oxygen atoms in total. The first-order valence-electron chi connectivity index (χ1n) is 11.9. The fourth-order valence-corrected chi connectivity index (χ4v) is 4.33. The number of hydrogen-bond acceptors (Lipinski definition) is 2. The van der Waals surface area contributed by atoms with Gasteiger partial charge in [-0.15, -0.1) is 0 Å². The smallest absolute Gasteiger partial charge is 0.0940 e. The Labute approximate surface area is 198 Å². The number of nitrogens with zero attached hydrogens (tertiary/aromatic N) is 1. The van der Waals surface area contributed by atoms with Crippen LogP contribution in [0.25, 0.3) is 11.3 Å². The van der Waals surface area contributed by atoms with E-state index in [4.69, 9.17) is 4.98 Å². The van der Waals surface area contributed by atoms with E-state index in [9.17, 15) is 0 Å². The molecular formula is C31H34N2. The molecule has 0 saturated heterocycles. The van der Waals surface area contributed by atoms with Crippen LogP contribution in [0.15, 0.2) is 91.0 Å². The van der Waals surface area contributed by atoms with Gasteiger partial charge in [-0.25, -0.2) is 0 Å². The minimum atomic E-state index is -0.0472. The summed E-state index contributed by atoms with van der Waals surface area (Å²) >= 11 is 0. The Bertz CT molecular complexity index is 1170. The summed E-state index contributed by atoms with van der Waals surface area (Å²) in [5, 5.41) is 3.94. The van der Waals surface area contributed by atoms with Crippen molar-refractivity contribution in [2.45, 2.75) is 52.5 Å². The van der Waals surface area contributed by atoms with Gasteiger partial charge in [0.05, 0.1) is 17.4 Å². The van der Waals surface area contributed by atoms with Crippen LogP contribution in [0.5, 0.6) is 0 Å². The van der Waals surface area contributed by atoms with Gasteiger partial charge in [0.15, 0.2) is 0 Å². The van der Waals surface area contributed by atoms with Gasteiger partial charge in [0.1, 0.15) is 0 Å². The van der Waals surface area contributed by atoms with Gasteiger partial charge in [0, 0.05) is 11.3 Å². The monoisotopic (exact) mass is 434 g/mol. The van der Waals surface area contributed by atoms with E-state index < -0.39 is 0 Å². The summed E-state index contributed by atoms with van der Waals surface area (Å²) in [5.74, 6) is 0.851. The lowest BCUT2D eigenvalue weighted by molar-refractivity contribution is 0.814. The van der Waals surface area contributed by atoms with Crippen molar-refractivity contribution in [3.8, 4) is 11.3 Å². The molecule has 1 unspecified atom stereocenters. The van der Waals surface area contributed by atoms with Crippen molar-refractivity contribution in [3.05, 3.63) is 119 Å². The molecule has 1 aromatic heterocycles. The Morgan fingerprint density at radius 3 is 1.85 bits per heavy atom. The number of anilines is 1. The van der Waals surface area contributed by atoms with E-state index in [0.29, 0.717) is 11.8 Å². The Morgan fingerprint density at radius 2 is 1.24 bits per heavy atom. The van der Waals surface area contributed by atoms with Crippen molar-refractivity contribution in [1.29, 1.82) is 0 Å². The Kier molecular flexibility index (Phi) is 6.93. The third-order valence-corrected chi connectivity index (χ3v) is 6.21. The Morgan fingerprint density at radius 1 is 0.636 bits per heavy atom. The van der Waals surface area contributed by atoms with E-state index >= 15 is 0 Å². The average Bonchev–Trinajstić information content (AvgIpc) is 2.83. The van der Waals surface area contributed by atoms with Gasteiger partial charge in [0.25, 0.3) is 0 Å². The molecule has 0 fully saturated rings. The molecule has 0 aliphatic rings. The fourth-order valence-electron chi connectivity index (χ4n) is 4.33. The second-order valence-electron chi connectivity index (χ2n) is 9.42. The number of hydrogen-bond donors (Lipinski definition) is 1. The molecule has 0 aliphatic heterocycles. The predicted molar refractivity (Wildman–Crippen MR) is 141 cm³/mol. The van der Waals surface area contributed by atoms with Gasteiger partial charge in [-0.1, -0.05) is 112 Å². The molecule has 1 atom stereocenters. The van der Waals surface area contributed by atoms with Gasteiger partial charge in [-0.05, 0) is 47.6 Å². The largest absolute Gasteiger partial charge is 0.372 e. The first-order valence-corrected chi connectivity index (χ1v) is 11.9. The van der Waals surface area contributed by atoms with Crippen molar-refractivity contribution < 1.29 is 0 Å². The van der Waals surface area contributed by atoms with Crippen LogP contribution in [0.1, 0.15) is 73.5 Å². The molecule has 33 heavy (non-hydrogen) atoms. The maximum absolute atomic E-state index is 5.13. The molecule has 4 aromatic rings. The summed E-state index contributed by atoms with van der Waals surface area (Å²) in [5.41, 5.74) is 9.54. The first kappa shape index (κ1) is 22.8. The lowest BCUT2D eigenvalue weighted by Gasteiger charge is -2.27. The maximum Gasteiger partial charge on any atom is 0.0940 e. The minimum absolute atomic E-state index is 0.0472. The van der Waals surface area contributed by atoms with Crippen LogP contribution < -0.4 is 5.32 Å². The summed E-state index contributed by atoms with van der Waals surface area (Å²) < 4.78 is 0. The standard InChI is InChI=1S/C31H34N2/c1-21(2)26-13-9-14-27(22(3)4)31(26)33-30(25-11-7-6-8-12-25)29-16-10-15-28(32-29)24-19-17-23(5)18-20-24/h6-22,30,33H,1-5H3. The summed E-state index contributed by atoms with van der Waals surface area (Å²) in [4.78, 5) is 5.13. The summed E-state index contributed by atoms with van der Waals surface area (Å²) in [7, 11) is 0. The quantitative estimate of drug-likeness (QED) is 0.315. The summed E-state index contributed by atoms with van der Waals surface area (Å²) in [6, 6.07) is 32.2. The molecule has 2 heteroatoms. The lowest BCUT2D eigenvalue weighted by atomic mass is 9.91. The SMILES string of the molecule is Cc1ccc(-c2cccc(C(Nc3c(C(C)C)cccc3C(C)C)c3ccccc3)n2)cc1. The molecule has 3 aromatic carbocycles. The highest BCUT2D eigenvalue weighted by Crippen LogP contribution is 2.36. The fraction of sp³-hybridized carbons (Fsp3) is 0.258. The number of pyridine rings is 1. The number of aryl methyl sites for hydroxylation is 1. The van der Waals surface area contributed by atoms with Crippen LogP contribution >= 0.6 is 0 Å². The average molecular weight is 435 g/mol. The molecule has 4 rings (SSSR count). The topological polar surface area (TPSA) is 24.9 Å². The number of aromatic nitrogens is 1. The van der Waals surface area contributed by atoms with Crippen molar-refractivity contribution in [1.82, 2.24) is 4.98 Å². The zero-order valence-corrected chi connectivity index (χ0v) is 20.3. The number of rotatable bonds is 7. The van der Waals surface area contributed by atoms with Crippen molar-refractivity contribution in [2.75, 3.05) is 5.32 Å². The van der Waals surface area contributed by atoms with Gasteiger partial charge < -0.3 is 5.32 Å². The van der Waals surface area contributed by atoms with Crippen LogP contribution in [0.4, 0.5) is 5.69 Å². The van der Waals surface area contributed by atoms with E-state index in [1.165, 1.54) is 27.9 Å². The molecule has 0 amide bonds. The molecule has 0 spiro atoms. The molecule has 168 valence electrons. The van der Waals surface area contributed by atoms with Crippen molar-refractivity contribution in [2.24, 2.45) is 0 Å². The zero-order chi connectivity index (χ0) is 23.4. The predicted octanol–water partition coefficient (Wildman–Crippen LogP) is 8.51. The third-order valence-electron chi connectivity index (χ3n) is 6.21. The molecule has 0 aliphatic carbocycles. The Balaban J connectivity index is 1.83. The van der Waals surface area contributed by atoms with E-state index in [2.05, 4.69) is 131 Å². The van der Waals surface area contributed by atoms with Crippen molar-refractivity contribution in [3.63, 3.8) is 0 Å². The van der Waals surface area contributed by atoms with Gasteiger partial charge in [-0.3, -0.25) is 4.98 Å². The highest BCUT2D eigenvalue weighted by atomic mass is 15.0. The zero-order valence-electron chi connectivity index (χ0n) is 20.3. The van der Waals surface area contributed by atoms with Crippen LogP contribution in [-0.2, 0) is 0 Å². The van der Waals surface area contributed by atoms with Crippen molar-refractivity contribution >= 4 is 5.69 Å². The minimum Gasteiger partial charge on any atom is -0.372 e. The highest BCUT2D eigenvalue weighted by molar-refractivity contribution is 5.63. The van der Waals surface area contributed by atoms with Crippen LogP contribution in [0, 0.1) is 6.92 Å². The van der Waals surface area contributed by atoms with E-state index in [0.717, 1.165) is 17.0 Å². The second-order valence-corrected chi connectivity index (χ2v) is 9.42. The van der Waals surface area contributed by atoms with E-state index in [1.807, 2.05) is 0 Å². The third kappa shape index (κ3) is 5.17. The molecule has 0 radical (unpaired) electrons. The van der Waals surface area contributed by atoms with Crippen LogP contribution in [0.3, 0.4) is 0 Å². The number of nitrogens with one attached hydrogen (secondary N) is 1. The molecule has 0 bridgehead atoms. The lowest BCUT2D eigenvalue weighted by Crippen LogP contribution is -2.17. The Hall–Kier alpha value is -3.39. The van der Waals surface area contributed by atoms with E-state index in [1.54, 1.807) is 0 Å². The normalized spacial score (nSPS) is 12.2. The molecule has 1 heterocycles. The summed E-state index contributed by atoms with van der Waals surface area (Å²) in [6.07, 6.45) is 0. The highest BCUT2D eigenvalue weighted by Gasteiger charge is 2.21. The van der Waals surface area contributed by atoms with Gasteiger partial charge in [0.2, 0.25) is 0 Å². The van der Waals surface area contributed by atoms with Gasteiger partial charge in [-0.2, -0.15) is 0 Å². The first-order chi connectivity index (χ1) is 15.9. The number of para-hydroxylation sites is 1. The molecular weight excluding hydrogens is 400 g/mol. The summed E-state index contributed by atoms with van der Waals surface area (Å²) in [6.45, 7) is 11.2. The van der Waals surface area contributed by atoms with Gasteiger partial charge >= 0.3 is 0 Å². The second kappa shape index (κ2) is 10.0. The van der Waals surface area contributed by atoms with Crippen LogP contribution in [0.2, 0.25) is 0 Å². The maximum atomic E-state index is 5.13. The molecule has 1 N–H and O–H groups in total. The molecule has 0 saturated carbocycles. The number of benzene rings is 3. The van der Waals surface area contributed by atoms with E-state index in [-0.39, 0.29) is 6.04 Å².